The minimum Gasteiger partial charge on any atom is -0.396 e. The van der Waals surface area contributed by atoms with E-state index < -0.39 is 11.8 Å². The Kier molecular flexibility index (Phi) is 3.88. The highest BCUT2D eigenvalue weighted by Gasteiger charge is 2.30. The lowest BCUT2D eigenvalue weighted by atomic mass is 10.2. The average molecular weight is 200 g/mol. The molecule has 2 amide bonds. The first kappa shape index (κ1) is 11.0. The topological polar surface area (TPSA) is 60.9 Å². The van der Waals surface area contributed by atoms with Gasteiger partial charge >= 0.3 is 11.8 Å². The van der Waals surface area contributed by atoms with Crippen LogP contribution in [0.25, 0.3) is 0 Å². The summed E-state index contributed by atoms with van der Waals surface area (Å²) in [5, 5.41) is 8.61. The van der Waals surface area contributed by atoms with Crippen molar-refractivity contribution in [1.82, 2.24) is 9.80 Å². The van der Waals surface area contributed by atoms with E-state index >= 15 is 0 Å². The average Bonchev–Trinajstić information content (AvgIpc) is 2.20. The third-order valence-electron chi connectivity index (χ3n) is 2.37. The standard InChI is InChI=1S/C9H16N2O3/c1-2-10-5-6-11(4-3-7-12)9(14)8(10)13/h12H,2-7H2,1H3. The van der Waals surface area contributed by atoms with Crippen LogP contribution >= 0.6 is 0 Å². The quantitative estimate of drug-likeness (QED) is 0.596. The summed E-state index contributed by atoms with van der Waals surface area (Å²) in [6.07, 6.45) is 0.533. The van der Waals surface area contributed by atoms with E-state index in [-0.39, 0.29) is 6.61 Å². The van der Waals surface area contributed by atoms with Crippen LogP contribution in [-0.2, 0) is 9.59 Å². The smallest absolute Gasteiger partial charge is 0.312 e. The van der Waals surface area contributed by atoms with E-state index in [0.717, 1.165) is 0 Å². The van der Waals surface area contributed by atoms with Gasteiger partial charge in [0.2, 0.25) is 0 Å². The molecule has 0 bridgehead atoms. The summed E-state index contributed by atoms with van der Waals surface area (Å²) in [6, 6.07) is 0. The highest BCUT2D eigenvalue weighted by Crippen LogP contribution is 2.04. The highest BCUT2D eigenvalue weighted by molar-refractivity contribution is 6.35. The molecule has 0 radical (unpaired) electrons. The van der Waals surface area contributed by atoms with Crippen molar-refractivity contribution in [1.29, 1.82) is 0 Å². The number of hydrogen-bond donors (Lipinski definition) is 1. The van der Waals surface area contributed by atoms with E-state index in [9.17, 15) is 9.59 Å². The summed E-state index contributed by atoms with van der Waals surface area (Å²) in [5.41, 5.74) is 0. The highest BCUT2D eigenvalue weighted by atomic mass is 16.3. The van der Waals surface area contributed by atoms with Gasteiger partial charge in [0.25, 0.3) is 0 Å². The lowest BCUT2D eigenvalue weighted by molar-refractivity contribution is -0.155. The second kappa shape index (κ2) is 4.95. The summed E-state index contributed by atoms with van der Waals surface area (Å²) in [5.74, 6) is -0.858. The number of rotatable bonds is 4. The first-order chi connectivity index (χ1) is 6.70. The zero-order valence-electron chi connectivity index (χ0n) is 8.40. The van der Waals surface area contributed by atoms with E-state index in [4.69, 9.17) is 5.11 Å². The second-order valence-electron chi connectivity index (χ2n) is 3.25. The van der Waals surface area contributed by atoms with Gasteiger partial charge in [0.1, 0.15) is 0 Å². The van der Waals surface area contributed by atoms with Gasteiger partial charge < -0.3 is 14.9 Å². The Labute approximate surface area is 83.3 Å². The molecule has 1 aliphatic rings. The molecular formula is C9H16N2O3. The Hall–Kier alpha value is -1.10. The third kappa shape index (κ3) is 2.23. The molecule has 1 saturated heterocycles. The summed E-state index contributed by atoms with van der Waals surface area (Å²) < 4.78 is 0. The second-order valence-corrected chi connectivity index (χ2v) is 3.25. The fourth-order valence-corrected chi connectivity index (χ4v) is 1.49. The number of nitrogens with zero attached hydrogens (tertiary/aromatic N) is 2. The number of piperazine rings is 1. The van der Waals surface area contributed by atoms with Crippen LogP contribution < -0.4 is 0 Å². The number of amides is 2. The van der Waals surface area contributed by atoms with Crippen LogP contribution in [0.1, 0.15) is 13.3 Å². The Morgan fingerprint density at radius 2 is 1.79 bits per heavy atom. The Morgan fingerprint density at radius 1 is 1.21 bits per heavy atom. The van der Waals surface area contributed by atoms with Gasteiger partial charge in [0.15, 0.2) is 0 Å². The van der Waals surface area contributed by atoms with Gasteiger partial charge in [-0.2, -0.15) is 0 Å². The summed E-state index contributed by atoms with van der Waals surface area (Å²) in [6.45, 7) is 4.14. The van der Waals surface area contributed by atoms with E-state index in [1.807, 2.05) is 6.92 Å². The molecule has 14 heavy (non-hydrogen) atoms. The molecular weight excluding hydrogens is 184 g/mol. The third-order valence-corrected chi connectivity index (χ3v) is 2.37. The molecule has 1 aliphatic heterocycles. The number of likely N-dealkylation sites (N-methyl/N-ethyl adjacent to an activating group) is 1. The Morgan fingerprint density at radius 3 is 2.36 bits per heavy atom. The molecule has 1 heterocycles. The number of aliphatic hydroxyl groups is 1. The molecule has 1 rings (SSSR count). The Balaban J connectivity index is 2.51. The molecule has 0 saturated carbocycles. The van der Waals surface area contributed by atoms with Gasteiger partial charge in [0, 0.05) is 32.8 Å². The first-order valence-corrected chi connectivity index (χ1v) is 4.89. The first-order valence-electron chi connectivity index (χ1n) is 4.89. The lowest BCUT2D eigenvalue weighted by Crippen LogP contribution is -2.54. The van der Waals surface area contributed by atoms with Crippen molar-refractivity contribution in [3.63, 3.8) is 0 Å². The number of hydrogen-bond acceptors (Lipinski definition) is 3. The van der Waals surface area contributed by atoms with Gasteiger partial charge in [-0.05, 0) is 13.3 Å². The zero-order chi connectivity index (χ0) is 10.6. The maximum Gasteiger partial charge on any atom is 0.312 e. The van der Waals surface area contributed by atoms with Gasteiger partial charge in [-0.15, -0.1) is 0 Å². The number of aliphatic hydroxyl groups excluding tert-OH is 1. The molecule has 0 aromatic carbocycles. The van der Waals surface area contributed by atoms with Crippen molar-refractivity contribution in [2.75, 3.05) is 32.8 Å². The van der Waals surface area contributed by atoms with Gasteiger partial charge in [-0.3, -0.25) is 9.59 Å². The monoisotopic (exact) mass is 200 g/mol. The number of carbonyl (C=O) groups is 2. The van der Waals surface area contributed by atoms with Crippen LogP contribution in [0, 0.1) is 0 Å². The molecule has 5 nitrogen and oxygen atoms in total. The molecule has 0 aromatic heterocycles. The molecule has 1 fully saturated rings. The van der Waals surface area contributed by atoms with Crippen LogP contribution in [0.2, 0.25) is 0 Å². The number of carbonyl (C=O) groups excluding carboxylic acids is 2. The van der Waals surface area contributed by atoms with Crippen molar-refractivity contribution in [2.24, 2.45) is 0 Å². The SMILES string of the molecule is CCN1CCN(CCCO)C(=O)C1=O. The Bertz CT molecular complexity index is 230. The van der Waals surface area contributed by atoms with E-state index in [2.05, 4.69) is 0 Å². The molecule has 0 aromatic rings. The summed E-state index contributed by atoms with van der Waals surface area (Å²) in [7, 11) is 0. The largest absolute Gasteiger partial charge is 0.396 e. The molecule has 0 spiro atoms. The summed E-state index contributed by atoms with van der Waals surface area (Å²) in [4.78, 5) is 25.9. The van der Waals surface area contributed by atoms with Gasteiger partial charge in [0.05, 0.1) is 0 Å². The fourth-order valence-electron chi connectivity index (χ4n) is 1.49. The molecule has 0 atom stereocenters. The predicted octanol–water partition coefficient (Wildman–Crippen LogP) is -0.940. The van der Waals surface area contributed by atoms with Gasteiger partial charge in [-0.25, -0.2) is 0 Å². The maximum absolute atomic E-state index is 11.5. The molecule has 5 heteroatoms. The van der Waals surface area contributed by atoms with Crippen LogP contribution in [0.4, 0.5) is 0 Å². The summed E-state index contributed by atoms with van der Waals surface area (Å²) >= 11 is 0. The van der Waals surface area contributed by atoms with Crippen molar-refractivity contribution in [2.45, 2.75) is 13.3 Å². The molecule has 80 valence electrons. The minimum absolute atomic E-state index is 0.0511. The predicted molar refractivity (Wildman–Crippen MR) is 50.5 cm³/mol. The van der Waals surface area contributed by atoms with Gasteiger partial charge in [-0.1, -0.05) is 0 Å². The fraction of sp³-hybridized carbons (Fsp3) is 0.778. The van der Waals surface area contributed by atoms with E-state index in [1.165, 1.54) is 9.80 Å². The van der Waals surface area contributed by atoms with E-state index in [1.54, 1.807) is 0 Å². The van der Waals surface area contributed by atoms with E-state index in [0.29, 0.717) is 32.6 Å². The minimum atomic E-state index is -0.438. The molecule has 0 unspecified atom stereocenters. The molecule has 0 aliphatic carbocycles. The van der Waals surface area contributed by atoms with Crippen molar-refractivity contribution >= 4 is 11.8 Å². The lowest BCUT2D eigenvalue weighted by Gasteiger charge is -2.32. The normalized spacial score (nSPS) is 17.9. The maximum atomic E-state index is 11.5. The van der Waals surface area contributed by atoms with Crippen LogP contribution in [0.3, 0.4) is 0 Å². The van der Waals surface area contributed by atoms with Crippen molar-refractivity contribution in [3.8, 4) is 0 Å². The van der Waals surface area contributed by atoms with Crippen LogP contribution in [0.15, 0.2) is 0 Å². The van der Waals surface area contributed by atoms with Crippen LogP contribution in [-0.4, -0.2) is 59.5 Å². The molecule has 1 N–H and O–H groups in total. The zero-order valence-corrected chi connectivity index (χ0v) is 8.40. The van der Waals surface area contributed by atoms with Crippen LogP contribution in [0.5, 0.6) is 0 Å². The van der Waals surface area contributed by atoms with Crippen molar-refractivity contribution in [3.05, 3.63) is 0 Å². The van der Waals surface area contributed by atoms with Crippen molar-refractivity contribution < 1.29 is 14.7 Å².